The topological polar surface area (TPSA) is 46.6 Å². The summed E-state index contributed by atoms with van der Waals surface area (Å²) in [5.74, 6) is 0.418. The van der Waals surface area contributed by atoms with Crippen molar-refractivity contribution in [2.24, 2.45) is 0 Å². The Morgan fingerprint density at radius 1 is 1.16 bits per heavy atom. The predicted molar refractivity (Wildman–Crippen MR) is 87.7 cm³/mol. The lowest BCUT2D eigenvalue weighted by Gasteiger charge is -2.28. The first-order valence-electron chi connectivity index (χ1n) is 7.87. The zero-order valence-corrected chi connectivity index (χ0v) is 13.4. The number of hydrogen-bond acceptors (Lipinski definition) is 5. The molecule has 1 fully saturated rings. The van der Waals surface area contributed by atoms with Crippen LogP contribution in [0.3, 0.4) is 0 Å². The fourth-order valence-corrected chi connectivity index (χ4v) is 2.54. The summed E-state index contributed by atoms with van der Waals surface area (Å²) >= 11 is 0. The van der Waals surface area contributed by atoms with Crippen LogP contribution in [-0.2, 0) is 11.3 Å². The van der Waals surface area contributed by atoms with E-state index in [2.05, 4.69) is 19.9 Å². The Morgan fingerprint density at radius 3 is 2.64 bits per heavy atom. The molecule has 8 heteroatoms. The van der Waals surface area contributed by atoms with Crippen LogP contribution in [0.4, 0.5) is 24.7 Å². The minimum atomic E-state index is -4.69. The minimum Gasteiger partial charge on any atom is -0.406 e. The summed E-state index contributed by atoms with van der Waals surface area (Å²) in [6.45, 7) is 3.42. The van der Waals surface area contributed by atoms with Crippen LogP contribution in [0.5, 0.6) is 5.75 Å². The summed E-state index contributed by atoms with van der Waals surface area (Å²) in [6.07, 6.45) is -2.92. The summed E-state index contributed by atoms with van der Waals surface area (Å²) in [7, 11) is 0. The van der Waals surface area contributed by atoms with Gasteiger partial charge in [-0.2, -0.15) is 0 Å². The number of benzene rings is 1. The summed E-state index contributed by atoms with van der Waals surface area (Å²) in [5, 5.41) is 3.09. The van der Waals surface area contributed by atoms with E-state index in [0.717, 1.165) is 18.8 Å². The van der Waals surface area contributed by atoms with E-state index in [4.69, 9.17) is 4.74 Å². The van der Waals surface area contributed by atoms with Gasteiger partial charge >= 0.3 is 6.36 Å². The second-order valence-corrected chi connectivity index (χ2v) is 5.55. The van der Waals surface area contributed by atoms with Crippen LogP contribution < -0.4 is 15.0 Å². The Kier molecular flexibility index (Phi) is 5.28. The van der Waals surface area contributed by atoms with Crippen molar-refractivity contribution < 1.29 is 22.6 Å². The highest BCUT2D eigenvalue weighted by molar-refractivity contribution is 5.50. The van der Waals surface area contributed by atoms with Gasteiger partial charge in [-0.15, -0.1) is 13.2 Å². The first-order valence-corrected chi connectivity index (χ1v) is 7.87. The molecule has 2 heterocycles. The lowest BCUT2D eigenvalue weighted by atomic mass is 10.2. The fraction of sp³-hybridized carbons (Fsp3) is 0.353. The monoisotopic (exact) mass is 353 g/mol. The zero-order valence-electron chi connectivity index (χ0n) is 13.4. The molecule has 3 rings (SSSR count). The van der Waals surface area contributed by atoms with Gasteiger partial charge in [0.2, 0.25) is 0 Å². The Bertz CT molecular complexity index is 686. The van der Waals surface area contributed by atoms with Crippen LogP contribution >= 0.6 is 0 Å². The van der Waals surface area contributed by atoms with Gasteiger partial charge in [0.15, 0.2) is 0 Å². The first kappa shape index (κ1) is 17.3. The molecule has 2 aromatic rings. The van der Waals surface area contributed by atoms with Gasteiger partial charge in [0.25, 0.3) is 0 Å². The second kappa shape index (κ2) is 7.60. The maximum atomic E-state index is 12.3. The Hall–Kier alpha value is -2.48. The molecule has 0 atom stereocenters. The number of nitrogens with zero attached hydrogens (tertiary/aromatic N) is 2. The molecule has 1 aromatic carbocycles. The predicted octanol–water partition coefficient (Wildman–Crippen LogP) is 3.43. The maximum absolute atomic E-state index is 12.3. The van der Waals surface area contributed by atoms with Crippen molar-refractivity contribution in [2.75, 3.05) is 36.5 Å². The normalized spacial score (nSPS) is 15.1. The largest absolute Gasteiger partial charge is 0.573 e. The zero-order chi connectivity index (χ0) is 17.7. The number of hydrogen-bond donors (Lipinski definition) is 1. The van der Waals surface area contributed by atoms with Crippen molar-refractivity contribution in [2.45, 2.75) is 12.9 Å². The molecule has 0 spiro atoms. The average Bonchev–Trinajstić information content (AvgIpc) is 2.60. The fourth-order valence-electron chi connectivity index (χ4n) is 2.54. The highest BCUT2D eigenvalue weighted by Gasteiger charge is 2.31. The van der Waals surface area contributed by atoms with Gasteiger partial charge in [-0.05, 0) is 29.8 Å². The van der Waals surface area contributed by atoms with E-state index in [-0.39, 0.29) is 5.75 Å². The summed E-state index contributed by atoms with van der Waals surface area (Å²) < 4.78 is 46.0. The van der Waals surface area contributed by atoms with E-state index >= 15 is 0 Å². The lowest BCUT2D eigenvalue weighted by molar-refractivity contribution is -0.274. The second-order valence-electron chi connectivity index (χ2n) is 5.55. The molecule has 0 radical (unpaired) electrons. The number of alkyl halides is 3. The van der Waals surface area contributed by atoms with Gasteiger partial charge in [-0.3, -0.25) is 0 Å². The Balaban J connectivity index is 1.57. The van der Waals surface area contributed by atoms with Gasteiger partial charge in [0, 0.05) is 19.6 Å². The van der Waals surface area contributed by atoms with Crippen LogP contribution in [-0.4, -0.2) is 37.6 Å². The molecule has 25 heavy (non-hydrogen) atoms. The number of rotatable bonds is 5. The molecule has 1 aliphatic rings. The van der Waals surface area contributed by atoms with Crippen molar-refractivity contribution in [1.29, 1.82) is 0 Å². The summed E-state index contributed by atoms with van der Waals surface area (Å²) in [6, 6.07) is 9.67. The van der Waals surface area contributed by atoms with Gasteiger partial charge in [-0.25, -0.2) is 4.98 Å². The maximum Gasteiger partial charge on any atom is 0.573 e. The van der Waals surface area contributed by atoms with E-state index in [1.165, 1.54) is 18.2 Å². The molecular formula is C17H18F3N3O2. The molecule has 0 amide bonds. The third kappa shape index (κ3) is 5.25. The van der Waals surface area contributed by atoms with E-state index < -0.39 is 6.36 Å². The smallest absolute Gasteiger partial charge is 0.406 e. The van der Waals surface area contributed by atoms with E-state index in [1.807, 2.05) is 12.1 Å². The Morgan fingerprint density at radius 2 is 1.96 bits per heavy atom. The number of nitrogens with one attached hydrogen (secondary N) is 1. The summed E-state index contributed by atoms with van der Waals surface area (Å²) in [4.78, 5) is 6.54. The number of ether oxygens (including phenoxy) is 2. The van der Waals surface area contributed by atoms with Crippen molar-refractivity contribution in [3.63, 3.8) is 0 Å². The molecule has 0 unspecified atom stereocenters. The molecule has 0 aliphatic carbocycles. The van der Waals surface area contributed by atoms with E-state index in [0.29, 0.717) is 31.1 Å². The Labute approximate surface area is 143 Å². The van der Waals surface area contributed by atoms with Crippen LogP contribution in [0.1, 0.15) is 5.56 Å². The van der Waals surface area contributed by atoms with Gasteiger partial charge in [-0.1, -0.05) is 12.1 Å². The van der Waals surface area contributed by atoms with Crippen LogP contribution in [0.15, 0.2) is 42.6 Å². The highest BCUT2D eigenvalue weighted by Crippen LogP contribution is 2.23. The van der Waals surface area contributed by atoms with Crippen LogP contribution in [0.25, 0.3) is 0 Å². The highest BCUT2D eigenvalue weighted by atomic mass is 19.4. The number of morpholine rings is 1. The van der Waals surface area contributed by atoms with Crippen molar-refractivity contribution in [3.05, 3.63) is 48.2 Å². The number of aromatic nitrogens is 1. The quantitative estimate of drug-likeness (QED) is 0.892. The SMILES string of the molecule is FC(F)(F)Oc1cccc(CNc2ccc(N3CCOCC3)cn2)c1. The van der Waals surface area contributed by atoms with Crippen molar-refractivity contribution >= 4 is 11.5 Å². The summed E-state index contributed by atoms with van der Waals surface area (Å²) in [5.41, 5.74) is 1.69. The molecule has 0 saturated carbocycles. The number of halogens is 3. The minimum absolute atomic E-state index is 0.234. The van der Waals surface area contributed by atoms with Gasteiger partial charge in [0.05, 0.1) is 25.1 Å². The number of anilines is 2. The third-order valence-electron chi connectivity index (χ3n) is 3.73. The van der Waals surface area contributed by atoms with E-state index in [1.54, 1.807) is 12.3 Å². The molecule has 0 bridgehead atoms. The molecule has 134 valence electrons. The molecule has 1 saturated heterocycles. The van der Waals surface area contributed by atoms with E-state index in [9.17, 15) is 13.2 Å². The molecule has 1 aromatic heterocycles. The molecule has 1 aliphatic heterocycles. The van der Waals surface area contributed by atoms with Crippen LogP contribution in [0.2, 0.25) is 0 Å². The van der Waals surface area contributed by atoms with Crippen LogP contribution in [0, 0.1) is 0 Å². The lowest BCUT2D eigenvalue weighted by Crippen LogP contribution is -2.36. The van der Waals surface area contributed by atoms with Gasteiger partial charge in [0.1, 0.15) is 11.6 Å². The van der Waals surface area contributed by atoms with Crippen molar-refractivity contribution in [1.82, 2.24) is 4.98 Å². The first-order chi connectivity index (χ1) is 12.0. The molecule has 5 nitrogen and oxygen atoms in total. The third-order valence-corrected chi connectivity index (χ3v) is 3.73. The average molecular weight is 353 g/mol. The molecule has 1 N–H and O–H groups in total. The van der Waals surface area contributed by atoms with Gasteiger partial charge < -0.3 is 19.7 Å². The molecular weight excluding hydrogens is 335 g/mol. The van der Waals surface area contributed by atoms with Crippen molar-refractivity contribution in [3.8, 4) is 5.75 Å². The number of pyridine rings is 1. The standard InChI is InChI=1S/C17H18F3N3O2/c18-17(19,20)25-15-3-1-2-13(10-15)11-21-16-5-4-14(12-22-16)23-6-8-24-9-7-23/h1-5,10,12H,6-9,11H2,(H,21,22).